The molecule has 0 aliphatic heterocycles. The average molecular weight is 286 g/mol. The van der Waals surface area contributed by atoms with Crippen molar-refractivity contribution in [2.75, 3.05) is 7.11 Å². The van der Waals surface area contributed by atoms with Crippen LogP contribution in [-0.4, -0.2) is 12.6 Å². The first kappa shape index (κ1) is 13.6. The van der Waals surface area contributed by atoms with E-state index in [1.54, 1.807) is 7.11 Å². The van der Waals surface area contributed by atoms with Crippen molar-refractivity contribution in [2.45, 2.75) is 57.5 Å². The molecule has 4 bridgehead atoms. The van der Waals surface area contributed by atoms with Crippen LogP contribution in [0.5, 0.6) is 5.75 Å². The number of methoxy groups -OCH3 is 1. The zero-order valence-corrected chi connectivity index (χ0v) is 13.4. The molecule has 0 heterocycles. The SMILES string of the molecule is COc1ccc(C[NH2+]C23CC4CC(CC(C4)C2)C3)cc1C. The van der Waals surface area contributed by atoms with Gasteiger partial charge in [0.2, 0.25) is 0 Å². The second-order valence-electron chi connectivity index (χ2n) is 7.99. The van der Waals surface area contributed by atoms with Crippen molar-refractivity contribution in [1.29, 1.82) is 0 Å². The second kappa shape index (κ2) is 5.01. The predicted octanol–water partition coefficient (Wildman–Crippen LogP) is 3.04. The molecule has 0 spiro atoms. The summed E-state index contributed by atoms with van der Waals surface area (Å²) in [4.78, 5) is 0. The van der Waals surface area contributed by atoms with Crippen molar-refractivity contribution >= 4 is 0 Å². The highest BCUT2D eigenvalue weighted by atomic mass is 16.5. The van der Waals surface area contributed by atoms with Gasteiger partial charge in [-0.2, -0.15) is 0 Å². The van der Waals surface area contributed by atoms with Crippen LogP contribution in [0.25, 0.3) is 0 Å². The zero-order chi connectivity index (χ0) is 14.4. The third-order valence-electron chi connectivity index (χ3n) is 6.32. The number of aryl methyl sites for hydroxylation is 1. The molecule has 114 valence electrons. The Hall–Kier alpha value is -1.02. The number of benzene rings is 1. The Balaban J connectivity index is 1.46. The molecular weight excluding hydrogens is 258 g/mol. The first-order valence-corrected chi connectivity index (χ1v) is 8.64. The van der Waals surface area contributed by atoms with Crippen LogP contribution in [0.4, 0.5) is 0 Å². The molecule has 21 heavy (non-hydrogen) atoms. The fraction of sp³-hybridized carbons (Fsp3) is 0.684. The number of hydrogen-bond donors (Lipinski definition) is 1. The summed E-state index contributed by atoms with van der Waals surface area (Å²) in [7, 11) is 1.75. The molecule has 4 aliphatic carbocycles. The monoisotopic (exact) mass is 286 g/mol. The summed E-state index contributed by atoms with van der Waals surface area (Å²) in [5.41, 5.74) is 3.29. The van der Waals surface area contributed by atoms with Crippen molar-refractivity contribution in [2.24, 2.45) is 17.8 Å². The van der Waals surface area contributed by atoms with Gasteiger partial charge >= 0.3 is 0 Å². The molecule has 2 nitrogen and oxygen atoms in total. The summed E-state index contributed by atoms with van der Waals surface area (Å²) in [5, 5.41) is 2.69. The Morgan fingerprint density at radius 3 is 2.24 bits per heavy atom. The highest BCUT2D eigenvalue weighted by Crippen LogP contribution is 2.54. The van der Waals surface area contributed by atoms with Crippen LogP contribution in [0.3, 0.4) is 0 Å². The van der Waals surface area contributed by atoms with Gasteiger partial charge < -0.3 is 10.1 Å². The topological polar surface area (TPSA) is 25.8 Å². The van der Waals surface area contributed by atoms with Crippen LogP contribution in [0, 0.1) is 24.7 Å². The van der Waals surface area contributed by atoms with Gasteiger partial charge in [-0.05, 0) is 67.7 Å². The molecule has 1 aromatic rings. The van der Waals surface area contributed by atoms with Gasteiger partial charge in [-0.15, -0.1) is 0 Å². The van der Waals surface area contributed by atoms with Crippen molar-refractivity contribution in [3.8, 4) is 5.75 Å². The van der Waals surface area contributed by atoms with Gasteiger partial charge in [-0.25, -0.2) is 0 Å². The maximum atomic E-state index is 5.37. The Kier molecular flexibility index (Phi) is 3.25. The molecule has 2 heteroatoms. The van der Waals surface area contributed by atoms with Gasteiger partial charge in [0.15, 0.2) is 0 Å². The summed E-state index contributed by atoms with van der Waals surface area (Å²) in [5.74, 6) is 4.15. The van der Waals surface area contributed by atoms with E-state index in [0.29, 0.717) is 5.54 Å². The molecule has 4 fully saturated rings. The molecule has 0 unspecified atom stereocenters. The van der Waals surface area contributed by atoms with E-state index in [1.165, 1.54) is 49.7 Å². The molecule has 0 aromatic heterocycles. The lowest BCUT2D eigenvalue weighted by molar-refractivity contribution is -0.752. The van der Waals surface area contributed by atoms with E-state index < -0.39 is 0 Å². The van der Waals surface area contributed by atoms with Crippen LogP contribution in [-0.2, 0) is 6.54 Å². The molecule has 5 rings (SSSR count). The largest absolute Gasteiger partial charge is 0.496 e. The number of rotatable bonds is 4. The lowest BCUT2D eigenvalue weighted by atomic mass is 9.53. The molecule has 1 aromatic carbocycles. The van der Waals surface area contributed by atoms with Crippen molar-refractivity contribution in [3.05, 3.63) is 29.3 Å². The number of ether oxygens (including phenoxy) is 1. The molecule has 0 radical (unpaired) electrons. The van der Waals surface area contributed by atoms with Crippen LogP contribution in [0.15, 0.2) is 18.2 Å². The van der Waals surface area contributed by atoms with Gasteiger partial charge in [0, 0.05) is 24.8 Å². The molecule has 0 atom stereocenters. The van der Waals surface area contributed by atoms with E-state index in [-0.39, 0.29) is 0 Å². The highest BCUT2D eigenvalue weighted by Gasteiger charge is 2.53. The van der Waals surface area contributed by atoms with E-state index in [2.05, 4.69) is 30.4 Å². The van der Waals surface area contributed by atoms with Crippen LogP contribution in [0.2, 0.25) is 0 Å². The van der Waals surface area contributed by atoms with Gasteiger partial charge in [0.05, 0.1) is 12.6 Å². The normalized spacial score (nSPS) is 37.0. The predicted molar refractivity (Wildman–Crippen MR) is 84.3 cm³/mol. The molecule has 4 saturated carbocycles. The first-order valence-electron chi connectivity index (χ1n) is 8.64. The third kappa shape index (κ3) is 2.48. The summed E-state index contributed by atoms with van der Waals surface area (Å²) < 4.78 is 5.37. The maximum Gasteiger partial charge on any atom is 0.121 e. The Labute approximate surface area is 128 Å². The highest BCUT2D eigenvalue weighted by molar-refractivity contribution is 5.35. The molecular formula is C19H28NO+. The molecule has 0 saturated heterocycles. The molecule has 0 amide bonds. The Morgan fingerprint density at radius 1 is 1.10 bits per heavy atom. The smallest absolute Gasteiger partial charge is 0.121 e. The fourth-order valence-electron chi connectivity index (χ4n) is 5.83. The molecule has 2 N–H and O–H groups in total. The Bertz CT molecular complexity index is 501. The quantitative estimate of drug-likeness (QED) is 0.904. The lowest BCUT2D eigenvalue weighted by Crippen LogP contribution is -2.97. The van der Waals surface area contributed by atoms with Crippen molar-refractivity contribution < 1.29 is 10.1 Å². The van der Waals surface area contributed by atoms with E-state index in [4.69, 9.17) is 4.74 Å². The summed E-state index contributed by atoms with van der Waals surface area (Å²) in [6, 6.07) is 6.66. The van der Waals surface area contributed by atoms with E-state index in [1.807, 2.05) is 0 Å². The van der Waals surface area contributed by atoms with E-state index in [9.17, 15) is 0 Å². The zero-order valence-electron chi connectivity index (χ0n) is 13.4. The average Bonchev–Trinajstić information content (AvgIpc) is 2.44. The molecule has 4 aliphatic rings. The van der Waals surface area contributed by atoms with Gasteiger partial charge in [-0.3, -0.25) is 0 Å². The van der Waals surface area contributed by atoms with Crippen LogP contribution >= 0.6 is 0 Å². The van der Waals surface area contributed by atoms with Crippen molar-refractivity contribution in [1.82, 2.24) is 0 Å². The first-order chi connectivity index (χ1) is 10.2. The number of hydrogen-bond acceptors (Lipinski definition) is 1. The van der Waals surface area contributed by atoms with Crippen LogP contribution < -0.4 is 10.1 Å². The third-order valence-corrected chi connectivity index (χ3v) is 6.32. The van der Waals surface area contributed by atoms with Gasteiger partial charge in [0.1, 0.15) is 12.3 Å². The van der Waals surface area contributed by atoms with Gasteiger partial charge in [-0.1, -0.05) is 0 Å². The van der Waals surface area contributed by atoms with E-state index in [0.717, 1.165) is 30.0 Å². The summed E-state index contributed by atoms with van der Waals surface area (Å²) >= 11 is 0. The minimum atomic E-state index is 0.586. The number of quaternary nitrogens is 1. The van der Waals surface area contributed by atoms with E-state index >= 15 is 0 Å². The van der Waals surface area contributed by atoms with Crippen molar-refractivity contribution in [3.63, 3.8) is 0 Å². The summed E-state index contributed by atoms with van der Waals surface area (Å²) in [6.45, 7) is 3.28. The Morgan fingerprint density at radius 2 is 1.71 bits per heavy atom. The standard InChI is InChI=1S/C19H27NO/c1-13-5-14(3-4-18(13)21-2)12-20-19-9-15-6-16(10-19)8-17(7-15)11-19/h3-5,15-17,20H,6-12H2,1-2H3/p+1. The summed E-state index contributed by atoms with van der Waals surface area (Å²) in [6.07, 6.45) is 9.05. The fourth-order valence-corrected chi connectivity index (χ4v) is 5.83. The second-order valence-corrected chi connectivity index (χ2v) is 7.99. The van der Waals surface area contributed by atoms with Crippen LogP contribution in [0.1, 0.15) is 49.7 Å². The van der Waals surface area contributed by atoms with Gasteiger partial charge in [0.25, 0.3) is 0 Å². The minimum Gasteiger partial charge on any atom is -0.496 e. The minimum absolute atomic E-state index is 0.586. The number of nitrogens with two attached hydrogens (primary N) is 1. The maximum absolute atomic E-state index is 5.37. The lowest BCUT2D eigenvalue weighted by Gasteiger charge is -2.54.